The van der Waals surface area contributed by atoms with Crippen LogP contribution in [0, 0.1) is 0 Å². The van der Waals surface area contributed by atoms with Crippen LogP contribution in [0.3, 0.4) is 0 Å². The molecule has 118 valence electrons. The van der Waals surface area contributed by atoms with Crippen molar-refractivity contribution in [3.05, 3.63) is 23.5 Å². The minimum atomic E-state index is -3.16. The smallest absolute Gasteiger partial charge is 0.193 e. The number of thiazole rings is 1. The minimum Gasteiger partial charge on any atom is -0.312 e. The van der Waals surface area contributed by atoms with Gasteiger partial charge in [-0.05, 0) is 26.8 Å². The second kappa shape index (κ2) is 6.06. The summed E-state index contributed by atoms with van der Waals surface area (Å²) in [5.74, 6) is 0. The Labute approximate surface area is 130 Å². The minimum absolute atomic E-state index is 0.156. The van der Waals surface area contributed by atoms with Gasteiger partial charge in [-0.1, -0.05) is 6.92 Å². The Balaban J connectivity index is 2.25. The van der Waals surface area contributed by atoms with Gasteiger partial charge in [0.2, 0.25) is 0 Å². The molecule has 0 amide bonds. The van der Waals surface area contributed by atoms with E-state index in [1.54, 1.807) is 25.2 Å². The van der Waals surface area contributed by atoms with E-state index in [1.807, 2.05) is 22.2 Å². The largest absolute Gasteiger partial charge is 0.312 e. The van der Waals surface area contributed by atoms with E-state index in [1.165, 1.54) is 6.26 Å². The van der Waals surface area contributed by atoms with Crippen LogP contribution in [0.4, 0.5) is 0 Å². The molecule has 21 heavy (non-hydrogen) atoms. The van der Waals surface area contributed by atoms with E-state index in [9.17, 15) is 8.42 Å². The molecule has 0 saturated heterocycles. The topological polar surface area (TPSA) is 63.5 Å². The molecular formula is C14H23N3O2S2. The third kappa shape index (κ3) is 3.46. The van der Waals surface area contributed by atoms with Crippen LogP contribution in [-0.4, -0.2) is 41.4 Å². The van der Waals surface area contributed by atoms with Crippen LogP contribution in [0.5, 0.6) is 0 Å². The van der Waals surface area contributed by atoms with E-state index >= 15 is 0 Å². The van der Waals surface area contributed by atoms with Gasteiger partial charge < -0.3 is 5.32 Å². The maximum Gasteiger partial charge on any atom is 0.193 e. The van der Waals surface area contributed by atoms with Crippen molar-refractivity contribution >= 4 is 26.1 Å². The molecule has 2 aromatic heterocycles. The van der Waals surface area contributed by atoms with E-state index in [-0.39, 0.29) is 6.04 Å². The molecule has 2 aromatic rings. The van der Waals surface area contributed by atoms with Crippen molar-refractivity contribution in [2.24, 2.45) is 0 Å². The van der Waals surface area contributed by atoms with Crippen molar-refractivity contribution in [2.75, 3.05) is 12.8 Å². The highest BCUT2D eigenvalue weighted by Crippen LogP contribution is 2.24. The van der Waals surface area contributed by atoms with Crippen molar-refractivity contribution in [1.82, 2.24) is 14.7 Å². The lowest BCUT2D eigenvalue weighted by Crippen LogP contribution is -2.52. The summed E-state index contributed by atoms with van der Waals surface area (Å²) in [7, 11) is -3.16. The predicted molar refractivity (Wildman–Crippen MR) is 87.8 cm³/mol. The van der Waals surface area contributed by atoms with Gasteiger partial charge in [0.15, 0.2) is 14.8 Å². The van der Waals surface area contributed by atoms with Gasteiger partial charge in [0.05, 0.1) is 10.4 Å². The highest BCUT2D eigenvalue weighted by Gasteiger charge is 2.39. The van der Waals surface area contributed by atoms with Gasteiger partial charge in [-0.3, -0.25) is 4.40 Å². The molecule has 1 unspecified atom stereocenters. The van der Waals surface area contributed by atoms with Gasteiger partial charge in [-0.15, -0.1) is 11.3 Å². The molecule has 0 aliphatic heterocycles. The van der Waals surface area contributed by atoms with Crippen molar-refractivity contribution in [2.45, 2.75) is 44.4 Å². The SMILES string of the molecule is CCCNC(Cc1cn2ccsc2n1)C(C)(C)S(C)(=O)=O. The molecule has 0 fully saturated rings. The van der Waals surface area contributed by atoms with Gasteiger partial charge in [0, 0.05) is 36.5 Å². The molecule has 0 aliphatic rings. The van der Waals surface area contributed by atoms with Gasteiger partial charge in [-0.25, -0.2) is 13.4 Å². The van der Waals surface area contributed by atoms with Crippen LogP contribution >= 0.6 is 11.3 Å². The Kier molecular flexibility index (Phi) is 4.75. The van der Waals surface area contributed by atoms with Gasteiger partial charge in [0.1, 0.15) is 0 Å². The molecule has 0 radical (unpaired) electrons. The summed E-state index contributed by atoms with van der Waals surface area (Å²) in [6, 6.07) is -0.156. The van der Waals surface area contributed by atoms with E-state index in [0.717, 1.165) is 23.6 Å². The number of sulfone groups is 1. The number of hydrogen-bond acceptors (Lipinski definition) is 5. The van der Waals surface area contributed by atoms with E-state index < -0.39 is 14.6 Å². The molecule has 0 bridgehead atoms. The summed E-state index contributed by atoms with van der Waals surface area (Å²) < 4.78 is 25.4. The highest BCUT2D eigenvalue weighted by atomic mass is 32.2. The molecule has 0 saturated carbocycles. The molecule has 1 N–H and O–H groups in total. The first kappa shape index (κ1) is 16.5. The van der Waals surface area contributed by atoms with E-state index in [0.29, 0.717) is 6.42 Å². The Morgan fingerprint density at radius 3 is 2.76 bits per heavy atom. The fourth-order valence-corrected chi connectivity index (χ4v) is 3.63. The van der Waals surface area contributed by atoms with Crippen LogP contribution in [0.15, 0.2) is 17.8 Å². The third-order valence-electron chi connectivity index (χ3n) is 3.99. The Hall–Kier alpha value is -0.920. The number of rotatable bonds is 7. The fraction of sp³-hybridized carbons (Fsp3) is 0.643. The number of nitrogens with one attached hydrogen (secondary N) is 1. The van der Waals surface area contributed by atoms with Crippen LogP contribution < -0.4 is 5.32 Å². The Morgan fingerprint density at radius 2 is 2.19 bits per heavy atom. The highest BCUT2D eigenvalue weighted by molar-refractivity contribution is 7.92. The quantitative estimate of drug-likeness (QED) is 0.845. The summed E-state index contributed by atoms with van der Waals surface area (Å²) in [6.45, 7) is 6.44. The van der Waals surface area contributed by atoms with Crippen LogP contribution in [-0.2, 0) is 16.3 Å². The van der Waals surface area contributed by atoms with Gasteiger partial charge >= 0.3 is 0 Å². The predicted octanol–water partition coefficient (Wildman–Crippen LogP) is 2.13. The first-order valence-corrected chi connectivity index (χ1v) is 9.87. The molecule has 5 nitrogen and oxygen atoms in total. The Bertz CT molecular complexity index is 672. The van der Waals surface area contributed by atoms with Gasteiger partial charge in [0.25, 0.3) is 0 Å². The fourth-order valence-electron chi connectivity index (χ4n) is 2.22. The second-order valence-electron chi connectivity index (χ2n) is 5.91. The average molecular weight is 329 g/mol. The summed E-state index contributed by atoms with van der Waals surface area (Å²) in [4.78, 5) is 5.50. The summed E-state index contributed by atoms with van der Waals surface area (Å²) in [5.41, 5.74) is 0.923. The zero-order chi connectivity index (χ0) is 15.7. The molecule has 7 heteroatoms. The summed E-state index contributed by atoms with van der Waals surface area (Å²) >= 11 is 1.58. The van der Waals surface area contributed by atoms with E-state index in [4.69, 9.17) is 0 Å². The first-order chi connectivity index (χ1) is 9.75. The van der Waals surface area contributed by atoms with Crippen LogP contribution in [0.25, 0.3) is 4.96 Å². The maximum atomic E-state index is 12.1. The van der Waals surface area contributed by atoms with Crippen LogP contribution in [0.2, 0.25) is 0 Å². The van der Waals surface area contributed by atoms with Crippen molar-refractivity contribution in [1.29, 1.82) is 0 Å². The monoisotopic (exact) mass is 329 g/mol. The first-order valence-electron chi connectivity index (χ1n) is 7.09. The standard InChI is InChI=1S/C14H23N3O2S2/c1-5-6-15-12(14(2,3)21(4,18)19)9-11-10-17-7-8-20-13(17)16-11/h7-8,10,12,15H,5-6,9H2,1-4H3. The Morgan fingerprint density at radius 1 is 1.48 bits per heavy atom. The third-order valence-corrected chi connectivity index (χ3v) is 6.96. The second-order valence-corrected chi connectivity index (χ2v) is 9.38. The zero-order valence-corrected chi connectivity index (χ0v) is 14.6. The summed E-state index contributed by atoms with van der Waals surface area (Å²) in [6.07, 6.45) is 6.82. The number of hydrogen-bond donors (Lipinski definition) is 1. The number of imidazole rings is 1. The van der Waals surface area contributed by atoms with Crippen molar-refractivity contribution in [3.63, 3.8) is 0 Å². The molecule has 0 aliphatic carbocycles. The summed E-state index contributed by atoms with van der Waals surface area (Å²) in [5, 5.41) is 5.36. The van der Waals surface area contributed by atoms with E-state index in [2.05, 4.69) is 17.2 Å². The average Bonchev–Trinajstić information content (AvgIpc) is 2.93. The number of fused-ring (bicyclic) bond motifs is 1. The van der Waals surface area contributed by atoms with Gasteiger partial charge in [-0.2, -0.15) is 0 Å². The normalized spacial score (nSPS) is 14.7. The lowest BCUT2D eigenvalue weighted by molar-refractivity contribution is 0.404. The maximum absolute atomic E-state index is 12.1. The lowest BCUT2D eigenvalue weighted by atomic mass is 9.98. The number of aromatic nitrogens is 2. The van der Waals surface area contributed by atoms with Crippen LogP contribution in [0.1, 0.15) is 32.9 Å². The number of nitrogens with zero attached hydrogens (tertiary/aromatic N) is 2. The van der Waals surface area contributed by atoms with Crippen molar-refractivity contribution in [3.8, 4) is 0 Å². The molecule has 2 heterocycles. The molecule has 0 spiro atoms. The molecule has 1 atom stereocenters. The van der Waals surface area contributed by atoms with Crippen molar-refractivity contribution < 1.29 is 8.42 Å². The molecular weight excluding hydrogens is 306 g/mol. The molecule has 0 aromatic carbocycles. The lowest BCUT2D eigenvalue weighted by Gasteiger charge is -2.33. The zero-order valence-electron chi connectivity index (χ0n) is 13.0. The molecule has 2 rings (SSSR count).